The smallest absolute Gasteiger partial charge is 0.307 e. The Bertz CT molecular complexity index is 816. The topological polar surface area (TPSA) is 75.6 Å². The molecular formula is C18H16Cl3NO4. The summed E-state index contributed by atoms with van der Waals surface area (Å²) in [7, 11) is 0. The Hall–Kier alpha value is -1.95. The van der Waals surface area contributed by atoms with E-state index in [1.165, 1.54) is 12.1 Å². The van der Waals surface area contributed by atoms with E-state index in [4.69, 9.17) is 44.6 Å². The van der Waals surface area contributed by atoms with Crippen LogP contribution >= 0.6 is 34.8 Å². The Labute approximate surface area is 165 Å². The van der Waals surface area contributed by atoms with Crippen LogP contribution in [0, 0.1) is 0 Å². The van der Waals surface area contributed by atoms with E-state index >= 15 is 0 Å². The van der Waals surface area contributed by atoms with Crippen molar-refractivity contribution in [3.63, 3.8) is 0 Å². The van der Waals surface area contributed by atoms with E-state index in [9.17, 15) is 9.59 Å². The number of hydrogen-bond acceptors (Lipinski definition) is 3. The van der Waals surface area contributed by atoms with Crippen molar-refractivity contribution in [3.8, 4) is 5.75 Å². The molecule has 2 aromatic carbocycles. The molecule has 0 bridgehead atoms. The summed E-state index contributed by atoms with van der Waals surface area (Å²) >= 11 is 18.4. The lowest BCUT2D eigenvalue weighted by Gasteiger charge is -2.13. The van der Waals surface area contributed by atoms with Crippen LogP contribution in [0.5, 0.6) is 5.75 Å². The molecule has 0 spiro atoms. The first kappa shape index (κ1) is 20.4. The molecule has 0 unspecified atom stereocenters. The number of aliphatic carboxylic acids is 1. The minimum atomic E-state index is -0.980. The van der Waals surface area contributed by atoms with Gasteiger partial charge in [0.2, 0.25) is 5.91 Å². The number of carbonyl (C=O) groups excluding carboxylic acids is 1. The zero-order valence-electron chi connectivity index (χ0n) is 13.8. The lowest BCUT2D eigenvalue weighted by Crippen LogP contribution is -2.10. The van der Waals surface area contributed by atoms with Crippen LogP contribution in [0.2, 0.25) is 15.1 Å². The third-order valence-corrected chi connectivity index (χ3v) is 4.14. The summed E-state index contributed by atoms with van der Waals surface area (Å²) in [6.07, 6.45) is 0.167. The SMILES string of the molecule is CCC(=O)Nc1cc(Cl)cc(COc2c(Cl)cc(CC(=O)O)cc2Cl)c1. The van der Waals surface area contributed by atoms with Crippen LogP contribution < -0.4 is 10.1 Å². The number of ether oxygens (including phenoxy) is 1. The highest BCUT2D eigenvalue weighted by atomic mass is 35.5. The number of halogens is 3. The second-order valence-electron chi connectivity index (χ2n) is 5.50. The first-order chi connectivity index (χ1) is 12.3. The Kier molecular flexibility index (Phi) is 7.14. The largest absolute Gasteiger partial charge is 0.486 e. The van der Waals surface area contributed by atoms with Crippen LogP contribution in [0.4, 0.5) is 5.69 Å². The van der Waals surface area contributed by atoms with Gasteiger partial charge in [-0.2, -0.15) is 0 Å². The van der Waals surface area contributed by atoms with Crippen LogP contribution in [0.15, 0.2) is 30.3 Å². The van der Waals surface area contributed by atoms with E-state index in [1.54, 1.807) is 25.1 Å². The van der Waals surface area contributed by atoms with Crippen molar-refractivity contribution in [2.45, 2.75) is 26.4 Å². The van der Waals surface area contributed by atoms with Crippen molar-refractivity contribution in [1.82, 2.24) is 0 Å². The van der Waals surface area contributed by atoms with E-state index in [2.05, 4.69) is 5.32 Å². The van der Waals surface area contributed by atoms with Gasteiger partial charge in [-0.3, -0.25) is 9.59 Å². The van der Waals surface area contributed by atoms with Gasteiger partial charge < -0.3 is 15.2 Å². The van der Waals surface area contributed by atoms with Gasteiger partial charge in [-0.25, -0.2) is 0 Å². The quantitative estimate of drug-likeness (QED) is 0.650. The number of benzene rings is 2. The van der Waals surface area contributed by atoms with Gasteiger partial charge in [-0.15, -0.1) is 0 Å². The standard InChI is InChI=1S/C18H16Cl3NO4/c1-2-16(23)22-13-4-11(3-12(19)8-13)9-26-18-14(20)5-10(6-15(18)21)7-17(24)25/h3-6,8H,2,7,9H2,1H3,(H,22,23)(H,24,25). The minimum absolute atomic E-state index is 0.118. The summed E-state index contributed by atoms with van der Waals surface area (Å²) in [5.41, 5.74) is 1.76. The molecule has 2 aromatic rings. The van der Waals surface area contributed by atoms with E-state index < -0.39 is 5.97 Å². The first-order valence-electron chi connectivity index (χ1n) is 7.70. The monoisotopic (exact) mass is 415 g/mol. The van der Waals surface area contributed by atoms with Crippen LogP contribution in [-0.4, -0.2) is 17.0 Å². The zero-order chi connectivity index (χ0) is 19.3. The maximum atomic E-state index is 11.5. The summed E-state index contributed by atoms with van der Waals surface area (Å²) < 4.78 is 5.67. The predicted octanol–water partition coefficient (Wildman–Crippen LogP) is 5.20. The van der Waals surface area contributed by atoms with Gasteiger partial charge in [0.1, 0.15) is 6.61 Å². The summed E-state index contributed by atoms with van der Waals surface area (Å²) in [5, 5.41) is 12.5. The van der Waals surface area contributed by atoms with Crippen LogP contribution in [0.1, 0.15) is 24.5 Å². The molecule has 1 amide bonds. The number of carbonyl (C=O) groups is 2. The molecule has 0 saturated carbocycles. The highest BCUT2D eigenvalue weighted by Gasteiger charge is 2.12. The molecule has 0 atom stereocenters. The van der Waals surface area contributed by atoms with E-state index in [-0.39, 0.29) is 34.7 Å². The molecule has 26 heavy (non-hydrogen) atoms. The van der Waals surface area contributed by atoms with E-state index in [0.717, 1.165) is 0 Å². The third kappa shape index (κ3) is 5.80. The molecule has 0 aromatic heterocycles. The maximum absolute atomic E-state index is 11.5. The molecule has 0 saturated heterocycles. The van der Waals surface area contributed by atoms with Gasteiger partial charge in [0.05, 0.1) is 16.5 Å². The molecule has 0 aliphatic heterocycles. The van der Waals surface area contributed by atoms with Crippen molar-refractivity contribution in [1.29, 1.82) is 0 Å². The highest BCUT2D eigenvalue weighted by molar-refractivity contribution is 6.37. The van der Waals surface area contributed by atoms with E-state index in [0.29, 0.717) is 28.3 Å². The van der Waals surface area contributed by atoms with Gasteiger partial charge in [0, 0.05) is 17.1 Å². The molecule has 0 aliphatic carbocycles. The van der Waals surface area contributed by atoms with Crippen molar-refractivity contribution >= 4 is 52.4 Å². The van der Waals surface area contributed by atoms with Crippen LogP contribution in [0.3, 0.4) is 0 Å². The predicted molar refractivity (Wildman–Crippen MR) is 103 cm³/mol. The van der Waals surface area contributed by atoms with Gasteiger partial charge in [-0.1, -0.05) is 41.7 Å². The molecular weight excluding hydrogens is 401 g/mol. The molecule has 5 nitrogen and oxygen atoms in total. The van der Waals surface area contributed by atoms with E-state index in [1.807, 2.05) is 0 Å². The molecule has 138 valence electrons. The van der Waals surface area contributed by atoms with Gasteiger partial charge in [0.25, 0.3) is 0 Å². The first-order valence-corrected chi connectivity index (χ1v) is 8.83. The second-order valence-corrected chi connectivity index (χ2v) is 6.75. The summed E-state index contributed by atoms with van der Waals surface area (Å²) in [5.74, 6) is -0.854. The van der Waals surface area contributed by atoms with Crippen molar-refractivity contribution in [3.05, 3.63) is 56.5 Å². The third-order valence-electron chi connectivity index (χ3n) is 3.36. The van der Waals surface area contributed by atoms with Crippen molar-refractivity contribution < 1.29 is 19.4 Å². The Balaban J connectivity index is 2.16. The van der Waals surface area contributed by atoms with Gasteiger partial charge in [0.15, 0.2) is 5.75 Å². The Morgan fingerprint density at radius 3 is 2.27 bits per heavy atom. The highest BCUT2D eigenvalue weighted by Crippen LogP contribution is 2.35. The van der Waals surface area contributed by atoms with Crippen molar-refractivity contribution in [2.24, 2.45) is 0 Å². The number of carboxylic acid groups (broad SMARTS) is 1. The number of hydrogen-bond donors (Lipinski definition) is 2. The normalized spacial score (nSPS) is 10.5. The molecule has 8 heteroatoms. The summed E-state index contributed by atoms with van der Waals surface area (Å²) in [6.45, 7) is 1.87. The zero-order valence-corrected chi connectivity index (χ0v) is 16.1. The average Bonchev–Trinajstić information content (AvgIpc) is 2.52. The van der Waals surface area contributed by atoms with Gasteiger partial charge >= 0.3 is 5.97 Å². The molecule has 0 radical (unpaired) electrons. The lowest BCUT2D eigenvalue weighted by molar-refractivity contribution is -0.136. The fraction of sp³-hybridized carbons (Fsp3) is 0.222. The summed E-state index contributed by atoms with van der Waals surface area (Å²) in [4.78, 5) is 22.3. The number of amides is 1. The summed E-state index contributed by atoms with van der Waals surface area (Å²) in [6, 6.07) is 8.08. The number of rotatable bonds is 7. The average molecular weight is 417 g/mol. The second kappa shape index (κ2) is 9.12. The number of nitrogens with one attached hydrogen (secondary N) is 1. The Morgan fingerprint density at radius 2 is 1.69 bits per heavy atom. The van der Waals surface area contributed by atoms with Crippen LogP contribution in [0.25, 0.3) is 0 Å². The van der Waals surface area contributed by atoms with Crippen molar-refractivity contribution in [2.75, 3.05) is 5.32 Å². The number of carboxylic acids is 1. The maximum Gasteiger partial charge on any atom is 0.307 e. The fourth-order valence-corrected chi connectivity index (χ4v) is 3.14. The molecule has 2 N–H and O–H groups in total. The lowest BCUT2D eigenvalue weighted by atomic mass is 10.1. The molecule has 2 rings (SSSR count). The van der Waals surface area contributed by atoms with Crippen LogP contribution in [-0.2, 0) is 22.6 Å². The minimum Gasteiger partial charge on any atom is -0.486 e. The van der Waals surface area contributed by atoms with Gasteiger partial charge in [-0.05, 0) is 41.5 Å². The molecule has 0 aliphatic rings. The molecule has 0 fully saturated rings. The fourth-order valence-electron chi connectivity index (χ4n) is 2.24. The number of anilines is 1. The Morgan fingerprint density at radius 1 is 1.04 bits per heavy atom. The molecule has 0 heterocycles.